The predicted molar refractivity (Wildman–Crippen MR) is 186 cm³/mol. The van der Waals surface area contributed by atoms with Crippen molar-refractivity contribution in [2.75, 3.05) is 0 Å². The van der Waals surface area contributed by atoms with E-state index in [9.17, 15) is 0 Å². The van der Waals surface area contributed by atoms with Crippen LogP contribution in [0.5, 0.6) is 0 Å². The van der Waals surface area contributed by atoms with Gasteiger partial charge in [0.25, 0.3) is 0 Å². The van der Waals surface area contributed by atoms with Crippen molar-refractivity contribution in [1.82, 2.24) is 4.57 Å². The summed E-state index contributed by atoms with van der Waals surface area (Å²) in [7, 11) is 0. The maximum absolute atomic E-state index is 2.41. The molecule has 0 bridgehead atoms. The van der Waals surface area contributed by atoms with Gasteiger partial charge in [-0.3, -0.25) is 0 Å². The number of fused-ring (bicyclic) bond motifs is 5. The van der Waals surface area contributed by atoms with E-state index in [1.54, 1.807) is 0 Å². The van der Waals surface area contributed by atoms with Crippen LogP contribution in [0.25, 0.3) is 76.7 Å². The molecule has 0 unspecified atom stereocenters. The summed E-state index contributed by atoms with van der Waals surface area (Å²) in [6.07, 6.45) is 0. The molecule has 0 fully saturated rings. The minimum Gasteiger partial charge on any atom is -0.341 e. The number of hydrogen-bond donors (Lipinski definition) is 0. The number of para-hydroxylation sites is 1. The van der Waals surface area contributed by atoms with Gasteiger partial charge in [0.1, 0.15) is 0 Å². The molecule has 7 aromatic carbocycles. The van der Waals surface area contributed by atoms with Crippen molar-refractivity contribution in [3.63, 3.8) is 0 Å². The fourth-order valence-electron chi connectivity index (χ4n) is 7.09. The van der Waals surface area contributed by atoms with E-state index in [4.69, 9.17) is 0 Å². The molecule has 0 amide bonds. The number of benzene rings is 7. The zero-order valence-electron chi connectivity index (χ0n) is 24.9. The van der Waals surface area contributed by atoms with Crippen molar-refractivity contribution in [2.45, 2.75) is 27.3 Å². The first-order valence-electron chi connectivity index (χ1n) is 15.2. The second-order valence-corrected chi connectivity index (χ2v) is 11.8. The van der Waals surface area contributed by atoms with Crippen LogP contribution < -0.4 is 0 Å². The minimum atomic E-state index is 0.960. The van der Waals surface area contributed by atoms with Crippen molar-refractivity contribution in [1.29, 1.82) is 0 Å². The first kappa shape index (κ1) is 25.6. The van der Waals surface area contributed by atoms with Gasteiger partial charge in [-0.25, -0.2) is 0 Å². The Hall–Kier alpha value is -5.14. The second kappa shape index (κ2) is 10.00. The minimum absolute atomic E-state index is 0.960. The summed E-state index contributed by atoms with van der Waals surface area (Å²) in [5.74, 6) is 0. The summed E-state index contributed by atoms with van der Waals surface area (Å²) in [5.41, 5.74) is 12.8. The molecule has 206 valence electrons. The number of aryl methyl sites for hydroxylation is 3. The Bertz CT molecular complexity index is 2320. The largest absolute Gasteiger partial charge is 0.341 e. The molecule has 8 aromatic rings. The standard InChI is InChI=1S/C42H33N/c1-4-43-39-13-9-8-12-33(39)36-26-32(20-23-40(36)43)29-16-18-31(19-17-29)42-35-22-15-27(2)24-37(35)41(30-10-6-5-7-11-30)34-21-14-28(3)25-38(34)42/h5-26H,4H2,1-3H3. The molecular formula is C42H33N. The summed E-state index contributed by atoms with van der Waals surface area (Å²) >= 11 is 0. The average molecular weight is 552 g/mol. The van der Waals surface area contributed by atoms with Gasteiger partial charge in [0.05, 0.1) is 0 Å². The van der Waals surface area contributed by atoms with Crippen LogP contribution >= 0.6 is 0 Å². The van der Waals surface area contributed by atoms with Gasteiger partial charge >= 0.3 is 0 Å². The number of aromatic nitrogens is 1. The normalized spacial score (nSPS) is 11.7. The Labute approximate surface area is 252 Å². The number of hydrogen-bond acceptors (Lipinski definition) is 0. The van der Waals surface area contributed by atoms with Gasteiger partial charge in [0.15, 0.2) is 0 Å². The van der Waals surface area contributed by atoms with Crippen molar-refractivity contribution in [3.8, 4) is 33.4 Å². The quantitative estimate of drug-likeness (QED) is 0.192. The molecule has 1 heterocycles. The molecule has 0 saturated heterocycles. The average Bonchev–Trinajstić information content (AvgIpc) is 3.37. The fraction of sp³-hybridized carbons (Fsp3) is 0.0952. The monoisotopic (exact) mass is 551 g/mol. The van der Waals surface area contributed by atoms with Gasteiger partial charge in [-0.1, -0.05) is 126 Å². The molecule has 0 saturated carbocycles. The molecule has 0 aliphatic carbocycles. The molecule has 8 rings (SSSR count). The lowest BCUT2D eigenvalue weighted by atomic mass is 9.84. The van der Waals surface area contributed by atoms with Crippen LogP contribution in [0.4, 0.5) is 0 Å². The SMILES string of the molecule is CCn1c2ccccc2c2cc(-c3ccc(-c4c5ccc(C)cc5c(-c5ccccc5)c5ccc(C)cc45)cc3)ccc21. The van der Waals surface area contributed by atoms with Gasteiger partial charge in [-0.15, -0.1) is 0 Å². The van der Waals surface area contributed by atoms with Crippen LogP contribution in [0.15, 0.2) is 133 Å². The molecule has 1 aromatic heterocycles. The van der Waals surface area contributed by atoms with Crippen LogP contribution in [0.1, 0.15) is 18.1 Å². The molecule has 0 atom stereocenters. The van der Waals surface area contributed by atoms with Crippen LogP contribution in [-0.2, 0) is 6.54 Å². The highest BCUT2D eigenvalue weighted by Crippen LogP contribution is 2.44. The first-order chi connectivity index (χ1) is 21.1. The summed E-state index contributed by atoms with van der Waals surface area (Å²) in [5, 5.41) is 7.84. The molecule has 0 radical (unpaired) electrons. The molecular weight excluding hydrogens is 518 g/mol. The number of rotatable bonds is 4. The third-order valence-corrected chi connectivity index (χ3v) is 9.09. The van der Waals surface area contributed by atoms with Crippen LogP contribution in [0.2, 0.25) is 0 Å². The summed E-state index contributed by atoms with van der Waals surface area (Å²) in [6, 6.07) is 49.6. The van der Waals surface area contributed by atoms with Gasteiger partial charge in [0, 0.05) is 28.4 Å². The maximum atomic E-state index is 2.41. The van der Waals surface area contributed by atoms with E-state index in [1.807, 2.05) is 0 Å². The second-order valence-electron chi connectivity index (χ2n) is 11.8. The molecule has 0 spiro atoms. The van der Waals surface area contributed by atoms with Gasteiger partial charge in [0.2, 0.25) is 0 Å². The van der Waals surface area contributed by atoms with Gasteiger partial charge < -0.3 is 4.57 Å². The third-order valence-electron chi connectivity index (χ3n) is 9.09. The van der Waals surface area contributed by atoms with Crippen LogP contribution in [-0.4, -0.2) is 4.57 Å². The van der Waals surface area contributed by atoms with E-state index in [1.165, 1.54) is 87.9 Å². The zero-order valence-corrected chi connectivity index (χ0v) is 24.9. The van der Waals surface area contributed by atoms with Crippen molar-refractivity contribution in [2.24, 2.45) is 0 Å². The van der Waals surface area contributed by atoms with Crippen molar-refractivity contribution in [3.05, 3.63) is 145 Å². The summed E-state index contributed by atoms with van der Waals surface area (Å²) < 4.78 is 2.41. The molecule has 0 aliphatic heterocycles. The lowest BCUT2D eigenvalue weighted by molar-refractivity contribution is 0.827. The van der Waals surface area contributed by atoms with E-state index in [0.717, 1.165) is 6.54 Å². The highest BCUT2D eigenvalue weighted by Gasteiger charge is 2.17. The Morgan fingerprint density at radius 1 is 0.395 bits per heavy atom. The lowest BCUT2D eigenvalue weighted by Gasteiger charge is -2.19. The predicted octanol–water partition coefficient (Wildman–Crippen LogP) is 11.7. The van der Waals surface area contributed by atoms with Gasteiger partial charge in [-0.05, 0) is 93.9 Å². The maximum Gasteiger partial charge on any atom is 0.0491 e. The van der Waals surface area contributed by atoms with Crippen molar-refractivity contribution >= 4 is 43.4 Å². The molecule has 1 nitrogen and oxygen atoms in total. The Kier molecular flexibility index (Phi) is 5.94. The van der Waals surface area contributed by atoms with Gasteiger partial charge in [-0.2, -0.15) is 0 Å². The van der Waals surface area contributed by atoms with E-state index in [2.05, 4.69) is 159 Å². The molecule has 1 heteroatoms. The topological polar surface area (TPSA) is 4.93 Å². The summed E-state index contributed by atoms with van der Waals surface area (Å²) in [6.45, 7) is 7.57. The Morgan fingerprint density at radius 2 is 0.930 bits per heavy atom. The first-order valence-corrected chi connectivity index (χ1v) is 15.2. The number of nitrogens with zero attached hydrogens (tertiary/aromatic N) is 1. The molecule has 43 heavy (non-hydrogen) atoms. The zero-order chi connectivity index (χ0) is 29.1. The van der Waals surface area contributed by atoms with E-state index in [-0.39, 0.29) is 0 Å². The Morgan fingerprint density at radius 3 is 1.58 bits per heavy atom. The lowest BCUT2D eigenvalue weighted by Crippen LogP contribution is -1.93. The van der Waals surface area contributed by atoms with E-state index >= 15 is 0 Å². The van der Waals surface area contributed by atoms with Crippen LogP contribution in [0.3, 0.4) is 0 Å². The highest BCUT2D eigenvalue weighted by molar-refractivity contribution is 6.21. The highest BCUT2D eigenvalue weighted by atomic mass is 15.0. The van der Waals surface area contributed by atoms with Crippen LogP contribution in [0, 0.1) is 13.8 Å². The smallest absolute Gasteiger partial charge is 0.0491 e. The van der Waals surface area contributed by atoms with Crippen molar-refractivity contribution < 1.29 is 0 Å². The van der Waals surface area contributed by atoms with E-state index in [0.29, 0.717) is 0 Å². The fourth-order valence-corrected chi connectivity index (χ4v) is 7.09. The third kappa shape index (κ3) is 4.07. The Balaban J connectivity index is 1.33. The molecule has 0 aliphatic rings. The summed E-state index contributed by atoms with van der Waals surface area (Å²) in [4.78, 5) is 0. The van der Waals surface area contributed by atoms with E-state index < -0.39 is 0 Å². The molecule has 0 N–H and O–H groups in total.